The lowest BCUT2D eigenvalue weighted by atomic mass is 9.84. The third kappa shape index (κ3) is 4.29. The summed E-state index contributed by atoms with van der Waals surface area (Å²) in [7, 11) is 1.61. The number of aryl methyl sites for hydroxylation is 1. The van der Waals surface area contributed by atoms with Crippen LogP contribution in [0.15, 0.2) is 29.1 Å². The molecule has 0 bridgehead atoms. The number of amides is 1. The van der Waals surface area contributed by atoms with Gasteiger partial charge in [-0.3, -0.25) is 14.5 Å². The van der Waals surface area contributed by atoms with E-state index in [1.54, 1.807) is 13.1 Å². The van der Waals surface area contributed by atoms with Crippen molar-refractivity contribution in [2.75, 3.05) is 38.1 Å². The number of aromatic nitrogens is 2. The molecule has 1 atom stereocenters. The Morgan fingerprint density at radius 3 is 2.69 bits per heavy atom. The molecule has 184 valence electrons. The second-order valence-corrected chi connectivity index (χ2v) is 11.0. The maximum Gasteiger partial charge on any atom is 0.254 e. The fraction of sp³-hybridized carbons (Fsp3) is 0.519. The standard InChI is InChI=1S/C27H32ClN5O2/c1-29-25(34)20-5-4-19(15-22(20)28)33-12-10-32(11-13-33)18-3-2-17(14-18)24-30-23-6-7-27(8-9-27)16-21(23)26(35)31-24/h4-5,14-15,18H,2-3,6-13,16H2,1H3,(H,29,34)(H,30,31,35). The first-order chi connectivity index (χ1) is 16.9. The van der Waals surface area contributed by atoms with Crippen LogP contribution in [-0.4, -0.2) is 60.0 Å². The van der Waals surface area contributed by atoms with Crippen molar-refractivity contribution in [2.45, 2.75) is 51.0 Å². The van der Waals surface area contributed by atoms with Crippen LogP contribution in [-0.2, 0) is 12.8 Å². The minimum Gasteiger partial charge on any atom is -0.369 e. The van der Waals surface area contributed by atoms with E-state index in [2.05, 4.69) is 26.2 Å². The summed E-state index contributed by atoms with van der Waals surface area (Å²) in [5.74, 6) is 0.615. The van der Waals surface area contributed by atoms with Crippen molar-refractivity contribution in [3.63, 3.8) is 0 Å². The van der Waals surface area contributed by atoms with Crippen LogP contribution in [0.5, 0.6) is 0 Å². The normalized spacial score (nSPS) is 23.2. The number of nitrogens with one attached hydrogen (secondary N) is 2. The maximum absolute atomic E-state index is 12.8. The van der Waals surface area contributed by atoms with E-state index in [9.17, 15) is 9.59 Å². The minimum atomic E-state index is -0.170. The molecule has 7 nitrogen and oxygen atoms in total. The van der Waals surface area contributed by atoms with Crippen LogP contribution in [0.2, 0.25) is 5.02 Å². The Labute approximate surface area is 210 Å². The van der Waals surface area contributed by atoms with Crippen LogP contribution < -0.4 is 15.8 Å². The molecule has 1 spiro atoms. The number of halogens is 1. The van der Waals surface area contributed by atoms with Gasteiger partial charge in [-0.05, 0) is 74.1 Å². The Balaban J connectivity index is 1.11. The van der Waals surface area contributed by atoms with E-state index in [4.69, 9.17) is 16.6 Å². The zero-order valence-electron chi connectivity index (χ0n) is 20.2. The SMILES string of the molecule is CNC(=O)c1ccc(N2CCN(C3C=C(c4nc5c(c(=O)[nH]4)CC4(CC5)CC4)CC3)CC2)cc1Cl. The molecule has 1 aromatic carbocycles. The lowest BCUT2D eigenvalue weighted by Gasteiger charge is -2.38. The predicted molar refractivity (Wildman–Crippen MR) is 138 cm³/mol. The molecule has 0 radical (unpaired) electrons. The molecule has 4 aliphatic rings. The van der Waals surface area contributed by atoms with Crippen molar-refractivity contribution >= 4 is 28.8 Å². The van der Waals surface area contributed by atoms with Gasteiger partial charge < -0.3 is 15.2 Å². The molecule has 35 heavy (non-hydrogen) atoms. The number of aromatic amines is 1. The Morgan fingerprint density at radius 1 is 1.17 bits per heavy atom. The highest BCUT2D eigenvalue weighted by Crippen LogP contribution is 2.53. The highest BCUT2D eigenvalue weighted by atomic mass is 35.5. The number of hydrogen-bond acceptors (Lipinski definition) is 5. The number of carbonyl (C=O) groups is 1. The van der Waals surface area contributed by atoms with E-state index in [0.29, 0.717) is 22.0 Å². The molecule has 8 heteroatoms. The second kappa shape index (κ2) is 8.79. The second-order valence-electron chi connectivity index (χ2n) is 10.6. The molecule has 1 unspecified atom stereocenters. The molecule has 1 aliphatic heterocycles. The number of H-pyrrole nitrogens is 1. The molecule has 2 N–H and O–H groups in total. The number of benzene rings is 1. The Kier molecular flexibility index (Phi) is 5.72. The van der Waals surface area contributed by atoms with E-state index in [-0.39, 0.29) is 11.5 Å². The van der Waals surface area contributed by atoms with Crippen LogP contribution in [0, 0.1) is 5.41 Å². The number of piperazine rings is 1. The van der Waals surface area contributed by atoms with Crippen LogP contribution in [0.1, 0.15) is 59.5 Å². The van der Waals surface area contributed by atoms with Gasteiger partial charge in [-0.1, -0.05) is 17.7 Å². The zero-order valence-corrected chi connectivity index (χ0v) is 21.0. The van der Waals surface area contributed by atoms with Crippen LogP contribution in [0.25, 0.3) is 5.57 Å². The first-order valence-electron chi connectivity index (χ1n) is 12.8. The summed E-state index contributed by atoms with van der Waals surface area (Å²) >= 11 is 6.36. The molecule has 2 fully saturated rings. The number of carbonyl (C=O) groups excluding carboxylic acids is 1. The highest BCUT2D eigenvalue weighted by molar-refractivity contribution is 6.34. The van der Waals surface area contributed by atoms with Gasteiger partial charge in [0.25, 0.3) is 11.5 Å². The molecule has 3 aliphatic carbocycles. The van der Waals surface area contributed by atoms with Crippen LogP contribution in [0.4, 0.5) is 5.69 Å². The number of anilines is 1. The molecular formula is C27H32ClN5O2. The average molecular weight is 494 g/mol. The van der Waals surface area contributed by atoms with Gasteiger partial charge in [0, 0.05) is 50.5 Å². The molecule has 1 amide bonds. The summed E-state index contributed by atoms with van der Waals surface area (Å²) in [6.45, 7) is 3.73. The van der Waals surface area contributed by atoms with E-state index < -0.39 is 0 Å². The lowest BCUT2D eigenvalue weighted by molar-refractivity contribution is 0.0963. The number of nitrogens with zero attached hydrogens (tertiary/aromatic N) is 3. The van der Waals surface area contributed by atoms with Gasteiger partial charge in [-0.15, -0.1) is 0 Å². The first kappa shape index (κ1) is 22.8. The molecule has 6 rings (SSSR count). The van der Waals surface area contributed by atoms with Gasteiger partial charge in [0.1, 0.15) is 5.82 Å². The van der Waals surface area contributed by atoms with Gasteiger partial charge in [-0.25, -0.2) is 4.98 Å². The largest absolute Gasteiger partial charge is 0.369 e. The summed E-state index contributed by atoms with van der Waals surface area (Å²) < 4.78 is 0. The van der Waals surface area contributed by atoms with Gasteiger partial charge in [-0.2, -0.15) is 0 Å². The Hall–Kier alpha value is -2.64. The van der Waals surface area contributed by atoms with Gasteiger partial charge in [0.05, 0.1) is 16.3 Å². The molecule has 2 aromatic rings. The number of allylic oxidation sites excluding steroid dienone is 1. The quantitative estimate of drug-likeness (QED) is 0.682. The van der Waals surface area contributed by atoms with Gasteiger partial charge in [0.15, 0.2) is 0 Å². The summed E-state index contributed by atoms with van der Waals surface area (Å²) in [5.41, 5.74) is 5.19. The fourth-order valence-corrected chi connectivity index (χ4v) is 6.32. The fourth-order valence-electron chi connectivity index (χ4n) is 6.06. The lowest BCUT2D eigenvalue weighted by Crippen LogP contribution is -2.49. The topological polar surface area (TPSA) is 81.3 Å². The van der Waals surface area contributed by atoms with E-state index >= 15 is 0 Å². The molecular weight excluding hydrogens is 462 g/mol. The maximum atomic E-state index is 12.8. The summed E-state index contributed by atoms with van der Waals surface area (Å²) in [4.78, 5) is 37.6. The number of fused-ring (bicyclic) bond motifs is 1. The predicted octanol–water partition coefficient (Wildman–Crippen LogP) is 3.42. The van der Waals surface area contributed by atoms with Gasteiger partial charge >= 0.3 is 0 Å². The summed E-state index contributed by atoms with van der Waals surface area (Å²) in [6.07, 6.45) is 9.90. The smallest absolute Gasteiger partial charge is 0.254 e. The molecule has 2 heterocycles. The van der Waals surface area contributed by atoms with Crippen molar-refractivity contribution in [1.29, 1.82) is 0 Å². The van der Waals surface area contributed by atoms with E-state index in [0.717, 1.165) is 74.6 Å². The van der Waals surface area contributed by atoms with Crippen molar-refractivity contribution in [1.82, 2.24) is 20.2 Å². The first-order valence-corrected chi connectivity index (χ1v) is 13.2. The summed E-state index contributed by atoms with van der Waals surface area (Å²) in [5, 5.41) is 3.10. The van der Waals surface area contributed by atoms with Crippen LogP contribution in [0.3, 0.4) is 0 Å². The highest BCUT2D eigenvalue weighted by Gasteiger charge is 2.45. The Bertz CT molecular complexity index is 1260. The average Bonchev–Trinajstić information content (AvgIpc) is 3.43. The van der Waals surface area contributed by atoms with Crippen molar-refractivity contribution in [2.24, 2.45) is 5.41 Å². The Morgan fingerprint density at radius 2 is 1.97 bits per heavy atom. The monoisotopic (exact) mass is 493 g/mol. The molecule has 1 saturated carbocycles. The van der Waals surface area contributed by atoms with Gasteiger partial charge in [0.2, 0.25) is 0 Å². The van der Waals surface area contributed by atoms with Crippen LogP contribution >= 0.6 is 11.6 Å². The third-order valence-electron chi connectivity index (χ3n) is 8.48. The van der Waals surface area contributed by atoms with Crippen molar-refractivity contribution < 1.29 is 4.79 Å². The van der Waals surface area contributed by atoms with Crippen molar-refractivity contribution in [3.8, 4) is 0 Å². The molecule has 1 aromatic heterocycles. The minimum absolute atomic E-state index is 0.0787. The summed E-state index contributed by atoms with van der Waals surface area (Å²) in [6, 6.07) is 6.04. The van der Waals surface area contributed by atoms with Crippen molar-refractivity contribution in [3.05, 3.63) is 62.3 Å². The molecule has 1 saturated heterocycles. The van der Waals surface area contributed by atoms with E-state index in [1.165, 1.54) is 24.8 Å². The third-order valence-corrected chi connectivity index (χ3v) is 8.79. The zero-order chi connectivity index (χ0) is 24.2. The number of rotatable bonds is 4. The van der Waals surface area contributed by atoms with E-state index in [1.807, 2.05) is 12.1 Å². The number of hydrogen-bond donors (Lipinski definition) is 2.